The first-order valence-electron chi connectivity index (χ1n) is 8.30. The molecular weight excluding hydrogens is 325 g/mol. The fourth-order valence-corrected chi connectivity index (χ4v) is 3.22. The van der Waals surface area contributed by atoms with Crippen molar-refractivity contribution in [3.63, 3.8) is 0 Å². The standard InChI is InChI=1S/C20H25F3N2/c1-13-11-24-8-7-15(13)19(5,6)10-14-9-16(18(2,3)4)17(12-25-14)20(21,22)23/h7-9,11-12H,10H2,1-6H3. The van der Waals surface area contributed by atoms with E-state index in [-0.39, 0.29) is 11.0 Å². The molecule has 0 fully saturated rings. The van der Waals surface area contributed by atoms with Crippen molar-refractivity contribution in [3.05, 3.63) is 58.7 Å². The molecule has 0 aromatic carbocycles. The van der Waals surface area contributed by atoms with E-state index in [1.807, 2.05) is 13.0 Å². The van der Waals surface area contributed by atoms with E-state index in [1.165, 1.54) is 0 Å². The van der Waals surface area contributed by atoms with Crippen LogP contribution in [0.4, 0.5) is 13.2 Å². The van der Waals surface area contributed by atoms with Gasteiger partial charge < -0.3 is 0 Å². The van der Waals surface area contributed by atoms with E-state index in [0.29, 0.717) is 12.1 Å². The Labute approximate surface area is 147 Å². The molecule has 0 N–H and O–H groups in total. The summed E-state index contributed by atoms with van der Waals surface area (Å²) in [7, 11) is 0. The van der Waals surface area contributed by atoms with Gasteiger partial charge in [-0.2, -0.15) is 13.2 Å². The van der Waals surface area contributed by atoms with E-state index in [9.17, 15) is 13.2 Å². The molecule has 0 atom stereocenters. The molecule has 0 aliphatic carbocycles. The lowest BCUT2D eigenvalue weighted by atomic mass is 9.77. The van der Waals surface area contributed by atoms with Gasteiger partial charge in [-0.1, -0.05) is 34.6 Å². The van der Waals surface area contributed by atoms with Crippen molar-refractivity contribution < 1.29 is 13.2 Å². The smallest absolute Gasteiger partial charge is 0.264 e. The van der Waals surface area contributed by atoms with Crippen LogP contribution in [0.3, 0.4) is 0 Å². The highest BCUT2D eigenvalue weighted by atomic mass is 19.4. The van der Waals surface area contributed by atoms with Crippen LogP contribution in [0, 0.1) is 6.92 Å². The number of rotatable bonds is 3. The van der Waals surface area contributed by atoms with Gasteiger partial charge in [-0.3, -0.25) is 9.97 Å². The van der Waals surface area contributed by atoms with Gasteiger partial charge in [-0.25, -0.2) is 0 Å². The minimum absolute atomic E-state index is 0.255. The van der Waals surface area contributed by atoms with Gasteiger partial charge in [0.1, 0.15) is 0 Å². The molecule has 25 heavy (non-hydrogen) atoms. The molecule has 2 nitrogen and oxygen atoms in total. The first-order chi connectivity index (χ1) is 11.3. The molecule has 0 radical (unpaired) electrons. The van der Waals surface area contributed by atoms with E-state index >= 15 is 0 Å². The highest BCUT2D eigenvalue weighted by Crippen LogP contribution is 2.38. The molecule has 0 spiro atoms. The summed E-state index contributed by atoms with van der Waals surface area (Å²) in [6.07, 6.45) is 0.679. The van der Waals surface area contributed by atoms with Gasteiger partial charge in [-0.15, -0.1) is 0 Å². The average Bonchev–Trinajstić information content (AvgIpc) is 2.45. The Morgan fingerprint density at radius 1 is 0.920 bits per heavy atom. The van der Waals surface area contributed by atoms with Gasteiger partial charge in [0, 0.05) is 24.3 Å². The van der Waals surface area contributed by atoms with Gasteiger partial charge in [-0.05, 0) is 53.0 Å². The summed E-state index contributed by atoms with van der Waals surface area (Å²) < 4.78 is 40.0. The fraction of sp³-hybridized carbons (Fsp3) is 0.500. The Morgan fingerprint density at radius 3 is 2.08 bits per heavy atom. The van der Waals surface area contributed by atoms with Crippen molar-refractivity contribution >= 4 is 0 Å². The lowest BCUT2D eigenvalue weighted by Gasteiger charge is -2.29. The van der Waals surface area contributed by atoms with Crippen molar-refractivity contribution in [3.8, 4) is 0 Å². The number of alkyl halides is 3. The zero-order chi connectivity index (χ0) is 19.0. The summed E-state index contributed by atoms with van der Waals surface area (Å²) in [6, 6.07) is 3.57. The maximum atomic E-state index is 13.3. The first kappa shape index (κ1) is 19.4. The van der Waals surface area contributed by atoms with Crippen LogP contribution in [0.5, 0.6) is 0 Å². The summed E-state index contributed by atoms with van der Waals surface area (Å²) in [5, 5.41) is 0. The van der Waals surface area contributed by atoms with Crippen molar-refractivity contribution in [1.82, 2.24) is 9.97 Å². The molecular formula is C20H25F3N2. The van der Waals surface area contributed by atoms with Gasteiger partial charge >= 0.3 is 6.18 Å². The monoisotopic (exact) mass is 350 g/mol. The quantitative estimate of drug-likeness (QED) is 0.718. The average molecular weight is 350 g/mol. The third kappa shape index (κ3) is 4.39. The predicted octanol–water partition coefficient (Wildman–Crippen LogP) is 5.62. The first-order valence-corrected chi connectivity index (χ1v) is 8.30. The molecule has 2 rings (SSSR count). The lowest BCUT2D eigenvalue weighted by Crippen LogP contribution is -2.25. The molecule has 2 heterocycles. The molecule has 5 heteroatoms. The summed E-state index contributed by atoms with van der Waals surface area (Å²) in [5.74, 6) is 0. The second-order valence-corrected chi connectivity index (χ2v) is 8.22. The Kier molecular flexibility index (Phi) is 4.99. The Balaban J connectivity index is 2.46. The van der Waals surface area contributed by atoms with Crippen LogP contribution in [0.2, 0.25) is 0 Å². The van der Waals surface area contributed by atoms with Crippen LogP contribution in [-0.4, -0.2) is 9.97 Å². The van der Waals surface area contributed by atoms with Gasteiger partial charge in [0.15, 0.2) is 0 Å². The highest BCUT2D eigenvalue weighted by Gasteiger charge is 2.37. The van der Waals surface area contributed by atoms with Crippen LogP contribution < -0.4 is 0 Å². The third-order valence-electron chi connectivity index (χ3n) is 4.45. The molecule has 0 saturated heterocycles. The predicted molar refractivity (Wildman–Crippen MR) is 93.6 cm³/mol. The number of hydrogen-bond acceptors (Lipinski definition) is 2. The number of hydrogen-bond donors (Lipinski definition) is 0. The molecule has 0 amide bonds. The van der Waals surface area contributed by atoms with Crippen molar-refractivity contribution in [2.75, 3.05) is 0 Å². The van der Waals surface area contributed by atoms with E-state index in [0.717, 1.165) is 17.3 Å². The summed E-state index contributed by atoms with van der Waals surface area (Å²) in [4.78, 5) is 8.23. The molecule has 2 aromatic heterocycles. The van der Waals surface area contributed by atoms with Crippen LogP contribution >= 0.6 is 0 Å². The summed E-state index contributed by atoms with van der Waals surface area (Å²) in [5.41, 5.74) is 1.62. The van der Waals surface area contributed by atoms with Crippen molar-refractivity contribution in [1.29, 1.82) is 0 Å². The SMILES string of the molecule is Cc1cnccc1C(C)(C)Cc1cc(C(C)(C)C)c(C(F)(F)F)cn1. The second-order valence-electron chi connectivity index (χ2n) is 8.22. The number of halogens is 3. The van der Waals surface area contributed by atoms with E-state index in [4.69, 9.17) is 0 Å². The fourth-order valence-electron chi connectivity index (χ4n) is 3.22. The van der Waals surface area contributed by atoms with E-state index in [2.05, 4.69) is 23.8 Å². The van der Waals surface area contributed by atoms with Crippen LogP contribution in [0.1, 0.15) is 62.6 Å². The number of aromatic nitrogens is 2. The van der Waals surface area contributed by atoms with E-state index in [1.54, 1.807) is 39.2 Å². The Morgan fingerprint density at radius 2 is 1.56 bits per heavy atom. The summed E-state index contributed by atoms with van der Waals surface area (Å²) >= 11 is 0. The van der Waals surface area contributed by atoms with Gasteiger partial charge in [0.25, 0.3) is 0 Å². The summed E-state index contributed by atoms with van der Waals surface area (Å²) in [6.45, 7) is 11.5. The maximum absolute atomic E-state index is 13.3. The van der Waals surface area contributed by atoms with E-state index < -0.39 is 17.2 Å². The molecule has 0 saturated carbocycles. The normalized spacial score (nSPS) is 13.2. The van der Waals surface area contributed by atoms with Crippen molar-refractivity contribution in [2.45, 2.75) is 65.0 Å². The molecule has 0 aliphatic heterocycles. The largest absolute Gasteiger partial charge is 0.418 e. The Bertz CT molecular complexity index is 756. The van der Waals surface area contributed by atoms with Crippen molar-refractivity contribution in [2.24, 2.45) is 0 Å². The maximum Gasteiger partial charge on any atom is 0.418 e. The van der Waals surface area contributed by atoms with Gasteiger partial charge in [0.2, 0.25) is 0 Å². The number of aryl methyl sites for hydroxylation is 1. The Hall–Kier alpha value is -1.91. The van der Waals surface area contributed by atoms with Gasteiger partial charge in [0.05, 0.1) is 5.56 Å². The third-order valence-corrected chi connectivity index (χ3v) is 4.45. The number of pyridine rings is 2. The molecule has 0 aliphatic rings. The second kappa shape index (κ2) is 6.43. The topological polar surface area (TPSA) is 25.8 Å². The highest BCUT2D eigenvalue weighted by molar-refractivity contribution is 5.37. The minimum Gasteiger partial charge on any atom is -0.264 e. The molecule has 136 valence electrons. The van der Waals surface area contributed by atoms with Crippen LogP contribution in [0.15, 0.2) is 30.7 Å². The molecule has 2 aromatic rings. The molecule has 0 bridgehead atoms. The number of nitrogens with zero attached hydrogens (tertiary/aromatic N) is 2. The van der Waals surface area contributed by atoms with Crippen LogP contribution in [-0.2, 0) is 23.4 Å². The zero-order valence-corrected chi connectivity index (χ0v) is 15.6. The van der Waals surface area contributed by atoms with Crippen LogP contribution in [0.25, 0.3) is 0 Å². The zero-order valence-electron chi connectivity index (χ0n) is 15.6. The minimum atomic E-state index is -4.40. The molecule has 0 unspecified atom stereocenters. The lowest BCUT2D eigenvalue weighted by molar-refractivity contribution is -0.138.